The summed E-state index contributed by atoms with van der Waals surface area (Å²) in [6.45, 7) is 2.23. The third-order valence-electron chi connectivity index (χ3n) is 4.20. The Labute approximate surface area is 111 Å². The molecule has 0 aliphatic carbocycles. The lowest BCUT2D eigenvalue weighted by Crippen LogP contribution is -2.29. The van der Waals surface area contributed by atoms with Gasteiger partial charge < -0.3 is 9.88 Å². The van der Waals surface area contributed by atoms with Crippen molar-refractivity contribution in [1.29, 1.82) is 0 Å². The second-order valence-corrected chi connectivity index (χ2v) is 7.03. The molecule has 2 fully saturated rings. The highest BCUT2D eigenvalue weighted by molar-refractivity contribution is 7.85. The fraction of sp³-hybridized carbons (Fsp3) is 0.769. The zero-order chi connectivity index (χ0) is 12.4. The van der Waals surface area contributed by atoms with Crippen LogP contribution in [0.4, 0.5) is 0 Å². The van der Waals surface area contributed by atoms with E-state index in [9.17, 15) is 4.21 Å². The summed E-state index contributed by atoms with van der Waals surface area (Å²) >= 11 is 0. The molecule has 1 aromatic rings. The van der Waals surface area contributed by atoms with Gasteiger partial charge in [-0.2, -0.15) is 0 Å². The van der Waals surface area contributed by atoms with Crippen LogP contribution in [0.1, 0.15) is 43.3 Å². The van der Waals surface area contributed by atoms with Crippen LogP contribution in [-0.4, -0.2) is 38.4 Å². The first-order valence-electron chi connectivity index (χ1n) is 6.92. The Hall–Kier alpha value is -0.680. The van der Waals surface area contributed by atoms with E-state index in [1.165, 1.54) is 18.5 Å². The van der Waals surface area contributed by atoms with Gasteiger partial charge in [-0.25, -0.2) is 4.98 Å². The average Bonchev–Trinajstić information content (AvgIpc) is 2.90. The Morgan fingerprint density at radius 2 is 1.94 bits per heavy atom. The minimum atomic E-state index is -0.578. The summed E-state index contributed by atoms with van der Waals surface area (Å²) in [7, 11) is -0.578. The fourth-order valence-corrected chi connectivity index (χ4v) is 4.39. The lowest BCUT2D eigenvalue weighted by Gasteiger charge is -2.29. The minimum absolute atomic E-state index is 0.523. The van der Waals surface area contributed by atoms with Crippen LogP contribution < -0.4 is 5.32 Å². The summed E-state index contributed by atoms with van der Waals surface area (Å²) in [5.41, 5.74) is 1.40. The molecule has 4 nitrogen and oxygen atoms in total. The highest BCUT2D eigenvalue weighted by Gasteiger charge is 2.25. The van der Waals surface area contributed by atoms with Gasteiger partial charge in [0, 0.05) is 46.2 Å². The Balaban J connectivity index is 1.76. The molecular formula is C13H21N3OS. The van der Waals surface area contributed by atoms with Crippen LogP contribution >= 0.6 is 0 Å². The molecule has 2 saturated heterocycles. The van der Waals surface area contributed by atoms with Crippen LogP contribution in [0, 0.1) is 0 Å². The van der Waals surface area contributed by atoms with Gasteiger partial charge in [-0.15, -0.1) is 0 Å². The monoisotopic (exact) mass is 267 g/mol. The quantitative estimate of drug-likeness (QED) is 0.882. The molecule has 0 bridgehead atoms. The number of nitrogens with one attached hydrogen (secondary N) is 1. The van der Waals surface area contributed by atoms with Crippen molar-refractivity contribution in [3.63, 3.8) is 0 Å². The molecule has 0 spiro atoms. The summed E-state index contributed by atoms with van der Waals surface area (Å²) in [5, 5.41) is 3.41. The van der Waals surface area contributed by atoms with Crippen molar-refractivity contribution in [2.45, 2.75) is 37.6 Å². The first-order valence-corrected chi connectivity index (χ1v) is 8.41. The summed E-state index contributed by atoms with van der Waals surface area (Å²) in [6.07, 6.45) is 8.54. The Morgan fingerprint density at radius 3 is 2.67 bits per heavy atom. The van der Waals surface area contributed by atoms with E-state index in [1.807, 2.05) is 12.5 Å². The van der Waals surface area contributed by atoms with Gasteiger partial charge in [-0.3, -0.25) is 4.21 Å². The van der Waals surface area contributed by atoms with Crippen molar-refractivity contribution in [2.24, 2.45) is 0 Å². The van der Waals surface area contributed by atoms with Crippen LogP contribution in [0.2, 0.25) is 0 Å². The number of imidazole rings is 1. The number of hydrogen-bond donors (Lipinski definition) is 1. The van der Waals surface area contributed by atoms with Gasteiger partial charge in [0.25, 0.3) is 0 Å². The van der Waals surface area contributed by atoms with E-state index in [2.05, 4.69) is 14.9 Å². The van der Waals surface area contributed by atoms with Gasteiger partial charge in [0.2, 0.25) is 0 Å². The largest absolute Gasteiger partial charge is 0.331 e. The first-order chi connectivity index (χ1) is 8.84. The van der Waals surface area contributed by atoms with Crippen molar-refractivity contribution >= 4 is 10.8 Å². The molecule has 0 unspecified atom stereocenters. The minimum Gasteiger partial charge on any atom is -0.331 e. The summed E-state index contributed by atoms with van der Waals surface area (Å²) in [4.78, 5) is 4.36. The zero-order valence-corrected chi connectivity index (χ0v) is 11.5. The topological polar surface area (TPSA) is 46.9 Å². The molecule has 5 heteroatoms. The van der Waals surface area contributed by atoms with E-state index in [4.69, 9.17) is 0 Å². The average molecular weight is 267 g/mol. The van der Waals surface area contributed by atoms with Crippen LogP contribution in [-0.2, 0) is 10.8 Å². The molecule has 0 amide bonds. The van der Waals surface area contributed by atoms with Crippen LogP contribution in [0.25, 0.3) is 0 Å². The molecular weight excluding hydrogens is 246 g/mol. The molecule has 3 heterocycles. The van der Waals surface area contributed by atoms with Gasteiger partial charge in [-0.05, 0) is 38.8 Å². The molecule has 0 atom stereocenters. The number of hydrogen-bond acceptors (Lipinski definition) is 3. The third kappa shape index (κ3) is 2.52. The molecule has 1 aromatic heterocycles. The van der Waals surface area contributed by atoms with Crippen LogP contribution in [0.3, 0.4) is 0 Å². The van der Waals surface area contributed by atoms with Crippen molar-refractivity contribution in [1.82, 2.24) is 14.9 Å². The smallest absolute Gasteiger partial charge is 0.0950 e. The number of piperidine rings is 1. The van der Waals surface area contributed by atoms with Crippen molar-refractivity contribution in [3.8, 4) is 0 Å². The lowest BCUT2D eigenvalue weighted by atomic mass is 9.94. The summed E-state index contributed by atoms with van der Waals surface area (Å²) in [5.74, 6) is 2.37. The molecule has 18 heavy (non-hydrogen) atoms. The molecule has 2 aliphatic rings. The van der Waals surface area contributed by atoms with E-state index in [0.29, 0.717) is 12.0 Å². The van der Waals surface area contributed by atoms with Crippen molar-refractivity contribution < 1.29 is 4.21 Å². The van der Waals surface area contributed by atoms with Gasteiger partial charge >= 0.3 is 0 Å². The van der Waals surface area contributed by atoms with Gasteiger partial charge in [0.15, 0.2) is 0 Å². The van der Waals surface area contributed by atoms with E-state index in [0.717, 1.165) is 37.4 Å². The summed E-state index contributed by atoms with van der Waals surface area (Å²) in [6, 6.07) is 0.523. The maximum Gasteiger partial charge on any atom is 0.0950 e. The summed E-state index contributed by atoms with van der Waals surface area (Å²) < 4.78 is 13.8. The lowest BCUT2D eigenvalue weighted by molar-refractivity contribution is 0.399. The predicted octanol–water partition coefficient (Wildman–Crippen LogP) is 1.43. The molecule has 100 valence electrons. The second kappa shape index (κ2) is 5.53. The predicted molar refractivity (Wildman–Crippen MR) is 73.2 cm³/mol. The van der Waals surface area contributed by atoms with Crippen molar-refractivity contribution in [3.05, 3.63) is 18.2 Å². The molecule has 0 saturated carbocycles. The third-order valence-corrected chi connectivity index (χ3v) is 5.59. The van der Waals surface area contributed by atoms with Gasteiger partial charge in [-0.1, -0.05) is 0 Å². The molecule has 1 N–H and O–H groups in total. The number of nitrogens with zero attached hydrogens (tertiary/aromatic N) is 2. The normalized spacial score (nSPS) is 30.4. The molecule has 0 radical (unpaired) electrons. The maximum absolute atomic E-state index is 11.4. The molecule has 0 aromatic carbocycles. The molecule has 3 rings (SSSR count). The second-order valence-electron chi connectivity index (χ2n) is 5.33. The van der Waals surface area contributed by atoms with E-state index < -0.39 is 10.8 Å². The van der Waals surface area contributed by atoms with Gasteiger partial charge in [0.1, 0.15) is 0 Å². The van der Waals surface area contributed by atoms with Crippen LogP contribution in [0.5, 0.6) is 0 Å². The van der Waals surface area contributed by atoms with E-state index in [1.54, 1.807) is 0 Å². The fourth-order valence-electron chi connectivity index (χ4n) is 3.11. The standard InChI is InChI=1S/C13H21N3OS/c17-18-7-3-12(4-8-18)16-10-15-9-13(16)11-1-5-14-6-2-11/h9-12,14H,1-8H2. The highest BCUT2D eigenvalue weighted by Crippen LogP contribution is 2.30. The first kappa shape index (κ1) is 12.4. The maximum atomic E-state index is 11.4. The Kier molecular flexibility index (Phi) is 3.80. The SMILES string of the molecule is O=S1CCC(n2cncc2C2CCNCC2)CC1. The van der Waals surface area contributed by atoms with E-state index in [-0.39, 0.29) is 0 Å². The molecule has 2 aliphatic heterocycles. The Morgan fingerprint density at radius 1 is 1.22 bits per heavy atom. The van der Waals surface area contributed by atoms with E-state index >= 15 is 0 Å². The number of aromatic nitrogens is 2. The zero-order valence-electron chi connectivity index (χ0n) is 10.7. The highest BCUT2D eigenvalue weighted by atomic mass is 32.2. The van der Waals surface area contributed by atoms with Gasteiger partial charge in [0.05, 0.1) is 6.33 Å². The van der Waals surface area contributed by atoms with Crippen molar-refractivity contribution in [2.75, 3.05) is 24.6 Å². The van der Waals surface area contributed by atoms with Crippen LogP contribution in [0.15, 0.2) is 12.5 Å². The Bertz CT molecular complexity index is 416. The number of rotatable bonds is 2.